The second-order valence-corrected chi connectivity index (χ2v) is 13.5. The SMILES string of the molecule is Cc1nn(-c2ccc(C(N)=O)c(NC3CCN(S(=O)(=O)CCl)C3)c2)c2c1C(=O)N(CC1CC1)C(C)(C)C2. The van der Waals surface area contributed by atoms with Gasteiger partial charge in [-0.3, -0.25) is 9.59 Å². The molecule has 5 rings (SSSR count). The molecular formula is C25H33ClN6O4S. The number of amides is 2. The van der Waals surface area contributed by atoms with Crippen molar-refractivity contribution in [3.63, 3.8) is 0 Å². The Balaban J connectivity index is 1.48. The molecule has 3 N–H and O–H groups in total. The van der Waals surface area contributed by atoms with E-state index in [1.165, 1.54) is 17.1 Å². The highest BCUT2D eigenvalue weighted by Gasteiger charge is 2.43. The minimum atomic E-state index is -3.52. The first-order valence-corrected chi connectivity index (χ1v) is 14.7. The zero-order valence-electron chi connectivity index (χ0n) is 21.3. The Kier molecular flexibility index (Phi) is 6.52. The molecule has 1 aromatic carbocycles. The van der Waals surface area contributed by atoms with Crippen LogP contribution in [0.15, 0.2) is 18.2 Å². The molecule has 1 aliphatic carbocycles. The molecule has 1 atom stereocenters. The predicted octanol–water partition coefficient (Wildman–Crippen LogP) is 2.48. The van der Waals surface area contributed by atoms with E-state index in [0.29, 0.717) is 53.5 Å². The fourth-order valence-corrected chi connectivity index (χ4v) is 6.76. The molecule has 0 radical (unpaired) electrons. The molecule has 1 aromatic heterocycles. The van der Waals surface area contributed by atoms with Crippen LogP contribution in [0.1, 0.15) is 65.2 Å². The number of nitrogens with zero attached hydrogens (tertiary/aromatic N) is 4. The number of nitrogens with two attached hydrogens (primary N) is 1. The lowest BCUT2D eigenvalue weighted by Crippen LogP contribution is -2.53. The summed E-state index contributed by atoms with van der Waals surface area (Å²) in [4.78, 5) is 27.8. The maximum absolute atomic E-state index is 13.6. The van der Waals surface area contributed by atoms with Crippen molar-refractivity contribution in [3.05, 3.63) is 40.7 Å². The van der Waals surface area contributed by atoms with Crippen LogP contribution in [0.2, 0.25) is 0 Å². The summed E-state index contributed by atoms with van der Waals surface area (Å²) in [7, 11) is -3.52. The molecule has 37 heavy (non-hydrogen) atoms. The van der Waals surface area contributed by atoms with Crippen molar-refractivity contribution in [2.75, 3.05) is 30.2 Å². The fourth-order valence-electron chi connectivity index (χ4n) is 5.42. The van der Waals surface area contributed by atoms with Gasteiger partial charge in [0.05, 0.1) is 28.2 Å². The van der Waals surface area contributed by atoms with Gasteiger partial charge in [0.15, 0.2) is 0 Å². The summed E-state index contributed by atoms with van der Waals surface area (Å²) < 4.78 is 27.5. The summed E-state index contributed by atoms with van der Waals surface area (Å²) in [5.41, 5.74) is 8.94. The minimum Gasteiger partial charge on any atom is -0.380 e. The number of benzene rings is 1. The Morgan fingerprint density at radius 1 is 1.27 bits per heavy atom. The first-order valence-electron chi connectivity index (χ1n) is 12.6. The minimum absolute atomic E-state index is 0.0144. The highest BCUT2D eigenvalue weighted by Crippen LogP contribution is 2.38. The molecule has 12 heteroatoms. The van der Waals surface area contributed by atoms with Crippen molar-refractivity contribution in [1.82, 2.24) is 19.0 Å². The number of hydrogen-bond acceptors (Lipinski definition) is 6. The van der Waals surface area contributed by atoms with Crippen molar-refractivity contribution in [3.8, 4) is 5.69 Å². The van der Waals surface area contributed by atoms with Crippen LogP contribution in [0.4, 0.5) is 5.69 Å². The van der Waals surface area contributed by atoms with Gasteiger partial charge in [-0.05, 0) is 64.2 Å². The van der Waals surface area contributed by atoms with Crippen LogP contribution in [0.25, 0.3) is 5.69 Å². The third kappa shape index (κ3) is 4.84. The monoisotopic (exact) mass is 548 g/mol. The molecule has 3 heterocycles. The molecular weight excluding hydrogens is 516 g/mol. The number of anilines is 1. The van der Waals surface area contributed by atoms with Gasteiger partial charge < -0.3 is 16.0 Å². The van der Waals surface area contributed by atoms with E-state index < -0.39 is 21.1 Å². The number of alkyl halides is 1. The number of aromatic nitrogens is 2. The first-order chi connectivity index (χ1) is 17.4. The van der Waals surface area contributed by atoms with Gasteiger partial charge >= 0.3 is 0 Å². The van der Waals surface area contributed by atoms with Crippen molar-refractivity contribution in [1.29, 1.82) is 0 Å². The van der Waals surface area contributed by atoms with Gasteiger partial charge in [0.25, 0.3) is 11.8 Å². The van der Waals surface area contributed by atoms with E-state index in [-0.39, 0.29) is 24.0 Å². The number of primary amides is 1. The quantitative estimate of drug-likeness (QED) is 0.487. The third-order valence-electron chi connectivity index (χ3n) is 7.64. The average molecular weight is 549 g/mol. The lowest BCUT2D eigenvalue weighted by atomic mass is 9.87. The largest absolute Gasteiger partial charge is 0.380 e. The molecule has 10 nitrogen and oxygen atoms in total. The number of carbonyl (C=O) groups excluding carboxylic acids is 2. The normalized spacial score (nSPS) is 21.8. The summed E-state index contributed by atoms with van der Waals surface area (Å²) in [5, 5.41) is 7.57. The van der Waals surface area contributed by atoms with Crippen molar-refractivity contribution < 1.29 is 18.0 Å². The predicted molar refractivity (Wildman–Crippen MR) is 142 cm³/mol. The van der Waals surface area contributed by atoms with E-state index in [1.54, 1.807) is 22.9 Å². The lowest BCUT2D eigenvalue weighted by Gasteiger charge is -2.42. The van der Waals surface area contributed by atoms with Crippen LogP contribution in [-0.4, -0.2) is 75.6 Å². The summed E-state index contributed by atoms with van der Waals surface area (Å²) in [6.45, 7) is 7.39. The number of nitrogens with one attached hydrogen (secondary N) is 1. The molecule has 2 fully saturated rings. The number of hydrogen-bond donors (Lipinski definition) is 2. The van der Waals surface area contributed by atoms with E-state index in [0.717, 1.165) is 12.2 Å². The standard InChI is InChI=1S/C25H33ClN6O4S/c1-15-22-21(11-25(2,3)31(24(22)34)12-16-4-5-16)32(29-15)18-6-7-19(23(27)33)20(10-18)28-17-8-9-30(13-17)37(35,36)14-26/h6-7,10,16-17,28H,4-5,8-9,11-14H2,1-3H3,(H2,27,33). The van der Waals surface area contributed by atoms with Crippen LogP contribution in [0.3, 0.4) is 0 Å². The Labute approximate surface area is 222 Å². The lowest BCUT2D eigenvalue weighted by molar-refractivity contribution is 0.0487. The van der Waals surface area contributed by atoms with E-state index in [2.05, 4.69) is 19.2 Å². The summed E-state index contributed by atoms with van der Waals surface area (Å²) in [6, 6.07) is 4.99. The highest BCUT2D eigenvalue weighted by molar-refractivity contribution is 7.90. The fraction of sp³-hybridized carbons (Fsp3) is 0.560. The van der Waals surface area contributed by atoms with Crippen LogP contribution in [0.5, 0.6) is 0 Å². The average Bonchev–Trinajstić information content (AvgIpc) is 3.43. The van der Waals surface area contributed by atoms with E-state index in [9.17, 15) is 18.0 Å². The van der Waals surface area contributed by atoms with E-state index >= 15 is 0 Å². The Morgan fingerprint density at radius 2 is 2.00 bits per heavy atom. The van der Waals surface area contributed by atoms with E-state index in [4.69, 9.17) is 22.4 Å². The molecule has 2 amide bonds. The number of aryl methyl sites for hydroxylation is 1. The summed E-state index contributed by atoms with van der Waals surface area (Å²) >= 11 is 5.62. The Morgan fingerprint density at radius 3 is 2.65 bits per heavy atom. The maximum Gasteiger partial charge on any atom is 0.258 e. The summed E-state index contributed by atoms with van der Waals surface area (Å²) in [5.74, 6) is 0.00424. The number of halogens is 1. The Hall–Kier alpha value is -2.63. The smallest absolute Gasteiger partial charge is 0.258 e. The highest BCUT2D eigenvalue weighted by atomic mass is 35.5. The van der Waals surface area contributed by atoms with Crippen molar-refractivity contribution >= 4 is 39.1 Å². The topological polar surface area (TPSA) is 131 Å². The van der Waals surface area contributed by atoms with Gasteiger partial charge in [-0.15, -0.1) is 11.6 Å². The molecule has 1 saturated carbocycles. The third-order valence-corrected chi connectivity index (χ3v) is 9.86. The zero-order chi connectivity index (χ0) is 26.7. The molecule has 2 aliphatic heterocycles. The second kappa shape index (κ2) is 9.28. The van der Waals surface area contributed by atoms with Gasteiger partial charge in [0, 0.05) is 43.3 Å². The van der Waals surface area contributed by atoms with Gasteiger partial charge in [0.1, 0.15) is 5.21 Å². The van der Waals surface area contributed by atoms with Crippen molar-refractivity contribution in [2.24, 2.45) is 11.7 Å². The van der Waals surface area contributed by atoms with Gasteiger partial charge in [-0.1, -0.05) is 0 Å². The van der Waals surface area contributed by atoms with Crippen LogP contribution >= 0.6 is 11.6 Å². The number of rotatable bonds is 8. The zero-order valence-corrected chi connectivity index (χ0v) is 22.9. The molecule has 1 unspecified atom stereocenters. The Bertz CT molecular complexity index is 1370. The first kappa shape index (κ1) is 26.0. The van der Waals surface area contributed by atoms with Crippen LogP contribution in [-0.2, 0) is 16.4 Å². The molecule has 2 aromatic rings. The maximum atomic E-state index is 13.6. The molecule has 1 saturated heterocycles. The van der Waals surface area contributed by atoms with Gasteiger partial charge in [-0.25, -0.2) is 13.1 Å². The summed E-state index contributed by atoms with van der Waals surface area (Å²) in [6.07, 6.45) is 3.55. The van der Waals surface area contributed by atoms with Crippen molar-refractivity contribution in [2.45, 2.75) is 58.0 Å². The number of carbonyl (C=O) groups is 2. The second-order valence-electron chi connectivity index (χ2n) is 11.0. The number of fused-ring (bicyclic) bond motifs is 1. The molecule has 200 valence electrons. The molecule has 0 bridgehead atoms. The van der Waals surface area contributed by atoms with E-state index in [1.807, 2.05) is 11.8 Å². The van der Waals surface area contributed by atoms with Crippen LogP contribution < -0.4 is 11.1 Å². The molecule has 0 spiro atoms. The number of sulfonamides is 1. The van der Waals surface area contributed by atoms with Gasteiger partial charge in [-0.2, -0.15) is 9.40 Å². The molecule has 3 aliphatic rings. The van der Waals surface area contributed by atoms with Gasteiger partial charge in [0.2, 0.25) is 10.0 Å². The van der Waals surface area contributed by atoms with Crippen LogP contribution in [0, 0.1) is 12.8 Å².